The highest BCUT2D eigenvalue weighted by Gasteiger charge is 2.26. The third-order valence-corrected chi connectivity index (χ3v) is 5.07. The van der Waals surface area contributed by atoms with Gasteiger partial charge in [0.25, 0.3) is 0 Å². The zero-order chi connectivity index (χ0) is 24.3. The Morgan fingerprint density at radius 1 is 0.912 bits per heavy atom. The Balaban J connectivity index is 1.60. The van der Waals surface area contributed by atoms with Crippen molar-refractivity contribution in [3.8, 4) is 5.75 Å². The molecule has 3 aromatic carbocycles. The summed E-state index contributed by atoms with van der Waals surface area (Å²) in [6.45, 7) is 5.22. The van der Waals surface area contributed by atoms with E-state index in [0.717, 1.165) is 16.3 Å². The van der Waals surface area contributed by atoms with E-state index in [9.17, 15) is 14.4 Å². The second-order valence-electron chi connectivity index (χ2n) is 8.90. The fourth-order valence-corrected chi connectivity index (χ4v) is 3.60. The number of carbonyl (C=O) groups excluding carboxylic acids is 2. The highest BCUT2D eigenvalue weighted by molar-refractivity contribution is 6.04. The quantitative estimate of drug-likeness (QED) is 0.196. The van der Waals surface area contributed by atoms with Gasteiger partial charge in [0, 0.05) is 17.9 Å². The molecule has 1 amide bonds. The van der Waals surface area contributed by atoms with E-state index in [1.54, 1.807) is 45.0 Å². The lowest BCUT2D eigenvalue weighted by Crippen LogP contribution is -2.46. The maximum Gasteiger partial charge on any atom is 0.408 e. The van der Waals surface area contributed by atoms with Crippen LogP contribution >= 0.6 is 0 Å². The van der Waals surface area contributed by atoms with E-state index in [2.05, 4.69) is 5.32 Å². The van der Waals surface area contributed by atoms with Crippen molar-refractivity contribution in [1.29, 1.82) is 0 Å². The number of fused-ring (bicyclic) bond motifs is 3. The molecule has 7 nitrogen and oxygen atoms in total. The van der Waals surface area contributed by atoms with Crippen LogP contribution in [-0.2, 0) is 16.0 Å². The van der Waals surface area contributed by atoms with Gasteiger partial charge in [0.2, 0.25) is 0 Å². The Bertz CT molecular complexity index is 1400. The summed E-state index contributed by atoms with van der Waals surface area (Å²) in [5, 5.41) is 4.55. The summed E-state index contributed by atoms with van der Waals surface area (Å²) in [6.07, 6.45) is -0.506. The molecule has 0 spiro atoms. The average Bonchev–Trinajstić information content (AvgIpc) is 2.78. The Hall–Kier alpha value is -4.13. The molecule has 4 rings (SSSR count). The first-order valence-electron chi connectivity index (χ1n) is 10.9. The average molecular weight is 459 g/mol. The number of benzene rings is 3. The van der Waals surface area contributed by atoms with Gasteiger partial charge in [0.15, 0.2) is 0 Å². The van der Waals surface area contributed by atoms with Crippen LogP contribution in [0.3, 0.4) is 0 Å². The van der Waals surface area contributed by atoms with Gasteiger partial charge in [-0.15, -0.1) is 0 Å². The monoisotopic (exact) mass is 459 g/mol. The fourth-order valence-electron chi connectivity index (χ4n) is 3.60. The summed E-state index contributed by atoms with van der Waals surface area (Å²) in [4.78, 5) is 37.7. The maximum atomic E-state index is 13.0. The van der Waals surface area contributed by atoms with Gasteiger partial charge in [0.1, 0.15) is 23.0 Å². The van der Waals surface area contributed by atoms with Crippen LogP contribution in [0.5, 0.6) is 5.75 Å². The van der Waals surface area contributed by atoms with Crippen molar-refractivity contribution in [2.45, 2.75) is 38.8 Å². The predicted molar refractivity (Wildman–Crippen MR) is 129 cm³/mol. The molecule has 0 aliphatic rings. The molecule has 0 unspecified atom stereocenters. The minimum absolute atomic E-state index is 0.194. The van der Waals surface area contributed by atoms with Gasteiger partial charge in [-0.05, 0) is 49.9 Å². The van der Waals surface area contributed by atoms with Crippen LogP contribution in [0.4, 0.5) is 4.79 Å². The van der Waals surface area contributed by atoms with Crippen LogP contribution in [0.15, 0.2) is 82.0 Å². The molecular weight excluding hydrogens is 434 g/mol. The summed E-state index contributed by atoms with van der Waals surface area (Å²) in [7, 11) is 0. The van der Waals surface area contributed by atoms with Crippen molar-refractivity contribution in [3.05, 3.63) is 88.8 Å². The van der Waals surface area contributed by atoms with Gasteiger partial charge < -0.3 is 19.2 Å². The lowest BCUT2D eigenvalue weighted by molar-refractivity contribution is -0.136. The molecule has 7 heteroatoms. The van der Waals surface area contributed by atoms with Crippen LogP contribution < -0.4 is 15.7 Å². The Labute approximate surface area is 196 Å². The van der Waals surface area contributed by atoms with Crippen molar-refractivity contribution >= 4 is 33.8 Å². The van der Waals surface area contributed by atoms with E-state index in [0.29, 0.717) is 11.0 Å². The predicted octanol–water partition coefficient (Wildman–Crippen LogP) is 4.99. The number of hydrogen-bond acceptors (Lipinski definition) is 6. The first-order chi connectivity index (χ1) is 16.2. The minimum atomic E-state index is -0.989. The molecule has 4 aromatic rings. The molecule has 0 saturated carbocycles. The topological polar surface area (TPSA) is 94.8 Å². The second-order valence-corrected chi connectivity index (χ2v) is 8.90. The number of hydrogen-bond donors (Lipinski definition) is 1. The number of alkyl carbamates (subject to hydrolysis) is 1. The van der Waals surface area contributed by atoms with Crippen LogP contribution in [0.1, 0.15) is 26.3 Å². The van der Waals surface area contributed by atoms with E-state index < -0.39 is 29.3 Å². The smallest absolute Gasteiger partial charge is 0.408 e. The fraction of sp³-hybridized carbons (Fsp3) is 0.222. The van der Waals surface area contributed by atoms with Gasteiger partial charge in [-0.2, -0.15) is 0 Å². The Morgan fingerprint density at radius 2 is 1.59 bits per heavy atom. The van der Waals surface area contributed by atoms with Gasteiger partial charge in [-0.3, -0.25) is 0 Å². The van der Waals surface area contributed by atoms with E-state index in [1.807, 2.05) is 42.5 Å². The van der Waals surface area contributed by atoms with E-state index in [4.69, 9.17) is 13.9 Å². The summed E-state index contributed by atoms with van der Waals surface area (Å²) in [5.74, 6) is -0.475. The van der Waals surface area contributed by atoms with Crippen molar-refractivity contribution in [1.82, 2.24) is 5.32 Å². The summed E-state index contributed by atoms with van der Waals surface area (Å²) in [6, 6.07) is 20.3. The molecule has 0 aliphatic carbocycles. The van der Waals surface area contributed by atoms with Crippen molar-refractivity contribution in [2.24, 2.45) is 0 Å². The molecule has 0 aliphatic heterocycles. The number of rotatable bonds is 5. The molecule has 1 N–H and O–H groups in total. The number of ether oxygens (including phenoxy) is 2. The number of amides is 1. The van der Waals surface area contributed by atoms with Gasteiger partial charge in [-0.1, -0.05) is 48.5 Å². The lowest BCUT2D eigenvalue weighted by Gasteiger charge is -2.23. The standard InChI is InChI=1S/C27H25NO6/c1-27(2,3)34-26(31)28-22(15-17-9-5-4-6-10-17)25(30)32-18-13-14-20-19-11-7-8-12-21(19)24(29)33-23(20)16-18/h4-14,16,22H,15H2,1-3H3,(H,28,31)/t22-/m1/s1. The molecule has 1 atom stereocenters. The molecule has 1 heterocycles. The van der Waals surface area contributed by atoms with E-state index in [1.165, 1.54) is 6.07 Å². The van der Waals surface area contributed by atoms with E-state index >= 15 is 0 Å². The SMILES string of the molecule is CC(C)(C)OC(=O)N[C@H](Cc1ccccc1)C(=O)Oc1ccc2c(c1)oc(=O)c1ccccc12. The molecule has 0 radical (unpaired) electrons. The van der Waals surface area contributed by atoms with Crippen LogP contribution in [0.25, 0.3) is 21.7 Å². The summed E-state index contributed by atoms with van der Waals surface area (Å²) in [5.41, 5.74) is -0.0467. The molecule has 174 valence electrons. The third-order valence-electron chi connectivity index (χ3n) is 5.07. The summed E-state index contributed by atoms with van der Waals surface area (Å²) < 4.78 is 16.3. The maximum absolute atomic E-state index is 13.0. The van der Waals surface area contributed by atoms with Crippen LogP contribution in [0.2, 0.25) is 0 Å². The molecular formula is C27H25NO6. The highest BCUT2D eigenvalue weighted by atomic mass is 16.6. The third kappa shape index (κ3) is 5.43. The highest BCUT2D eigenvalue weighted by Crippen LogP contribution is 2.26. The number of carbonyl (C=O) groups is 2. The molecule has 0 fully saturated rings. The lowest BCUT2D eigenvalue weighted by atomic mass is 10.1. The molecule has 0 saturated heterocycles. The first-order valence-corrected chi connectivity index (χ1v) is 10.9. The van der Waals surface area contributed by atoms with Gasteiger partial charge in [-0.25, -0.2) is 14.4 Å². The zero-order valence-corrected chi connectivity index (χ0v) is 19.2. The molecule has 34 heavy (non-hydrogen) atoms. The number of esters is 1. The normalized spacial score (nSPS) is 12.3. The van der Waals surface area contributed by atoms with E-state index in [-0.39, 0.29) is 12.2 Å². The van der Waals surface area contributed by atoms with Crippen LogP contribution in [-0.4, -0.2) is 23.7 Å². The van der Waals surface area contributed by atoms with Gasteiger partial charge >= 0.3 is 17.7 Å². The Kier molecular flexibility index (Phi) is 6.36. The summed E-state index contributed by atoms with van der Waals surface area (Å²) >= 11 is 0. The second kappa shape index (κ2) is 9.39. The zero-order valence-electron chi connectivity index (χ0n) is 19.2. The van der Waals surface area contributed by atoms with Crippen molar-refractivity contribution < 1.29 is 23.5 Å². The minimum Gasteiger partial charge on any atom is -0.444 e. The van der Waals surface area contributed by atoms with Crippen molar-refractivity contribution in [3.63, 3.8) is 0 Å². The van der Waals surface area contributed by atoms with Gasteiger partial charge in [0.05, 0.1) is 5.39 Å². The number of nitrogens with one attached hydrogen (secondary N) is 1. The molecule has 0 bridgehead atoms. The van der Waals surface area contributed by atoms with Crippen LogP contribution in [0, 0.1) is 0 Å². The largest absolute Gasteiger partial charge is 0.444 e. The van der Waals surface area contributed by atoms with Crippen molar-refractivity contribution in [2.75, 3.05) is 0 Å². The first kappa shape index (κ1) is 23.0. The molecule has 1 aromatic heterocycles. The Morgan fingerprint density at radius 3 is 2.29 bits per heavy atom.